The summed E-state index contributed by atoms with van der Waals surface area (Å²) in [7, 11) is 0. The van der Waals surface area contributed by atoms with Crippen LogP contribution in [0.1, 0.15) is 29.8 Å². The molecule has 2 aromatic rings. The number of halogens is 1. The summed E-state index contributed by atoms with van der Waals surface area (Å²) in [6, 6.07) is 5.95. The first-order chi connectivity index (χ1) is 13.0. The van der Waals surface area contributed by atoms with E-state index in [9.17, 15) is 0 Å². The maximum atomic E-state index is 7.65. The van der Waals surface area contributed by atoms with Crippen molar-refractivity contribution < 1.29 is 0 Å². The van der Waals surface area contributed by atoms with E-state index in [4.69, 9.17) is 22.0 Å². The Labute approximate surface area is 165 Å². The van der Waals surface area contributed by atoms with E-state index in [2.05, 4.69) is 26.7 Å². The molecule has 1 aliphatic heterocycles. The molecule has 0 spiro atoms. The minimum absolute atomic E-state index is 0.0565. The van der Waals surface area contributed by atoms with E-state index in [0.717, 1.165) is 48.1 Å². The number of nitrogens with zero attached hydrogens (tertiary/aromatic N) is 4. The minimum Gasteiger partial charge on any atom is -0.374 e. The largest absolute Gasteiger partial charge is 0.374 e. The molecule has 1 unspecified atom stereocenters. The molecular formula is C20H25ClN6. The third kappa shape index (κ3) is 4.39. The second-order valence-corrected chi connectivity index (χ2v) is 7.11. The fourth-order valence-corrected chi connectivity index (χ4v) is 3.55. The second-order valence-electron chi connectivity index (χ2n) is 6.70. The number of benzene rings is 1. The third-order valence-corrected chi connectivity index (χ3v) is 5.12. The van der Waals surface area contributed by atoms with E-state index in [0.29, 0.717) is 11.5 Å². The van der Waals surface area contributed by atoms with Gasteiger partial charge in [-0.3, -0.25) is 0 Å². The van der Waals surface area contributed by atoms with Gasteiger partial charge in [-0.05, 0) is 37.2 Å². The normalized spacial score (nSPS) is 15.4. The van der Waals surface area contributed by atoms with Crippen LogP contribution in [0.25, 0.3) is 0 Å². The van der Waals surface area contributed by atoms with Crippen LogP contribution in [0.15, 0.2) is 37.2 Å². The molecule has 2 heterocycles. The Morgan fingerprint density at radius 2 is 2.04 bits per heavy atom. The van der Waals surface area contributed by atoms with Crippen molar-refractivity contribution >= 4 is 29.5 Å². The van der Waals surface area contributed by atoms with E-state index in [-0.39, 0.29) is 6.04 Å². The van der Waals surface area contributed by atoms with E-state index in [1.165, 1.54) is 6.21 Å². The van der Waals surface area contributed by atoms with Crippen LogP contribution in [0.5, 0.6) is 0 Å². The predicted octanol–water partition coefficient (Wildman–Crippen LogP) is 3.87. The van der Waals surface area contributed by atoms with Crippen LogP contribution < -0.4 is 10.2 Å². The van der Waals surface area contributed by atoms with Crippen molar-refractivity contribution in [2.75, 3.05) is 36.4 Å². The molecule has 0 saturated carbocycles. The summed E-state index contributed by atoms with van der Waals surface area (Å²) in [5, 5.41) is 11.7. The van der Waals surface area contributed by atoms with Crippen LogP contribution in [0, 0.1) is 12.3 Å². The highest BCUT2D eigenvalue weighted by atomic mass is 35.5. The highest BCUT2D eigenvalue weighted by Crippen LogP contribution is 2.27. The van der Waals surface area contributed by atoms with Crippen molar-refractivity contribution in [3.05, 3.63) is 59.0 Å². The maximum absolute atomic E-state index is 7.65. The molecule has 1 aliphatic rings. The highest BCUT2D eigenvalue weighted by molar-refractivity contribution is 6.31. The monoisotopic (exact) mass is 384 g/mol. The summed E-state index contributed by atoms with van der Waals surface area (Å²) in [5.74, 6) is 1.41. The number of aromatic nitrogens is 2. The lowest BCUT2D eigenvalue weighted by atomic mass is 10.1. The molecule has 2 N–H and O–H groups in total. The van der Waals surface area contributed by atoms with Gasteiger partial charge >= 0.3 is 0 Å². The van der Waals surface area contributed by atoms with Crippen LogP contribution in [0.2, 0.25) is 5.02 Å². The molecular weight excluding hydrogens is 360 g/mol. The Bertz CT molecular complexity index is 829. The van der Waals surface area contributed by atoms with Gasteiger partial charge in [-0.25, -0.2) is 9.97 Å². The highest BCUT2D eigenvalue weighted by Gasteiger charge is 2.19. The van der Waals surface area contributed by atoms with Gasteiger partial charge in [-0.15, -0.1) is 0 Å². The zero-order valence-electron chi connectivity index (χ0n) is 15.7. The average molecular weight is 385 g/mol. The summed E-state index contributed by atoms with van der Waals surface area (Å²) in [5.41, 5.74) is 2.63. The maximum Gasteiger partial charge on any atom is 0.156 e. The zero-order valence-corrected chi connectivity index (χ0v) is 16.5. The summed E-state index contributed by atoms with van der Waals surface area (Å²) < 4.78 is 0. The first-order valence-corrected chi connectivity index (χ1v) is 9.41. The van der Waals surface area contributed by atoms with E-state index < -0.39 is 0 Å². The standard InChI is InChI=1S/C20H25ClN6/c1-4-26-7-9-27(10-8-26)19-13-23-18(12-22)20(25-19)24-15(3)16-6-5-14(2)11-17(16)21/h4-6,11-13,15,22H,1,7-10H2,2-3H3,(H,24,25). The smallest absolute Gasteiger partial charge is 0.156 e. The molecule has 6 nitrogen and oxygen atoms in total. The minimum atomic E-state index is -0.0565. The van der Waals surface area contributed by atoms with Crippen molar-refractivity contribution in [2.45, 2.75) is 19.9 Å². The number of aryl methyl sites for hydroxylation is 1. The molecule has 1 saturated heterocycles. The van der Waals surface area contributed by atoms with Crippen LogP contribution in [0.3, 0.4) is 0 Å². The van der Waals surface area contributed by atoms with Gasteiger partial charge in [-0.1, -0.05) is 30.3 Å². The van der Waals surface area contributed by atoms with Crippen LogP contribution in [-0.2, 0) is 0 Å². The van der Waals surface area contributed by atoms with Gasteiger partial charge in [0.25, 0.3) is 0 Å². The fourth-order valence-electron chi connectivity index (χ4n) is 3.15. The fraction of sp³-hybridized carbons (Fsp3) is 0.350. The quantitative estimate of drug-likeness (QED) is 0.740. The molecule has 0 amide bonds. The molecule has 1 aromatic heterocycles. The SMILES string of the molecule is C=CN1CCN(c2cnc(C=N)c(NC(C)c3ccc(C)cc3Cl)n2)CC1. The van der Waals surface area contributed by atoms with Crippen LogP contribution >= 0.6 is 11.6 Å². The number of rotatable bonds is 6. The summed E-state index contributed by atoms with van der Waals surface area (Å²) in [6.07, 6.45) is 4.83. The van der Waals surface area contributed by atoms with Crippen molar-refractivity contribution in [1.29, 1.82) is 5.41 Å². The van der Waals surface area contributed by atoms with Gasteiger partial charge in [0, 0.05) is 37.4 Å². The molecule has 142 valence electrons. The molecule has 1 atom stereocenters. The number of nitrogens with one attached hydrogen (secondary N) is 2. The second kappa shape index (κ2) is 8.39. The molecule has 1 fully saturated rings. The van der Waals surface area contributed by atoms with E-state index in [1.807, 2.05) is 38.2 Å². The summed E-state index contributed by atoms with van der Waals surface area (Å²) >= 11 is 6.40. The van der Waals surface area contributed by atoms with Crippen LogP contribution in [0.4, 0.5) is 11.6 Å². The Morgan fingerprint density at radius 3 is 2.67 bits per heavy atom. The van der Waals surface area contributed by atoms with Crippen molar-refractivity contribution in [1.82, 2.24) is 14.9 Å². The van der Waals surface area contributed by atoms with Crippen molar-refractivity contribution in [3.8, 4) is 0 Å². The molecule has 3 rings (SSSR count). The van der Waals surface area contributed by atoms with Crippen molar-refractivity contribution in [3.63, 3.8) is 0 Å². The number of piperazine rings is 1. The molecule has 27 heavy (non-hydrogen) atoms. The first kappa shape index (κ1) is 19.2. The predicted molar refractivity (Wildman–Crippen MR) is 112 cm³/mol. The number of anilines is 2. The van der Waals surface area contributed by atoms with Gasteiger partial charge in [0.2, 0.25) is 0 Å². The lowest BCUT2D eigenvalue weighted by Crippen LogP contribution is -2.44. The van der Waals surface area contributed by atoms with Gasteiger partial charge in [0.15, 0.2) is 5.82 Å². The first-order valence-electron chi connectivity index (χ1n) is 9.03. The Balaban J connectivity index is 1.81. The average Bonchev–Trinajstić information content (AvgIpc) is 2.68. The number of hydrogen-bond acceptors (Lipinski definition) is 6. The van der Waals surface area contributed by atoms with Gasteiger partial charge in [0.1, 0.15) is 11.5 Å². The Kier molecular flexibility index (Phi) is 5.96. The molecule has 7 heteroatoms. The Hall–Kier alpha value is -2.60. The van der Waals surface area contributed by atoms with Crippen LogP contribution in [-0.4, -0.2) is 47.3 Å². The topological polar surface area (TPSA) is 68.1 Å². The van der Waals surface area contributed by atoms with E-state index >= 15 is 0 Å². The van der Waals surface area contributed by atoms with Gasteiger partial charge in [0.05, 0.1) is 12.2 Å². The summed E-state index contributed by atoms with van der Waals surface area (Å²) in [6.45, 7) is 11.4. The number of hydrogen-bond donors (Lipinski definition) is 2. The lowest BCUT2D eigenvalue weighted by molar-refractivity contribution is 0.349. The Morgan fingerprint density at radius 1 is 1.30 bits per heavy atom. The van der Waals surface area contributed by atoms with E-state index in [1.54, 1.807) is 6.20 Å². The molecule has 0 radical (unpaired) electrons. The third-order valence-electron chi connectivity index (χ3n) is 4.80. The zero-order chi connectivity index (χ0) is 19.4. The summed E-state index contributed by atoms with van der Waals surface area (Å²) in [4.78, 5) is 13.6. The van der Waals surface area contributed by atoms with Crippen molar-refractivity contribution in [2.24, 2.45) is 0 Å². The lowest BCUT2D eigenvalue weighted by Gasteiger charge is -2.34. The van der Waals surface area contributed by atoms with Gasteiger partial charge in [-0.2, -0.15) is 0 Å². The molecule has 1 aromatic carbocycles. The van der Waals surface area contributed by atoms with Gasteiger partial charge < -0.3 is 20.5 Å². The molecule has 0 bridgehead atoms. The molecule has 0 aliphatic carbocycles.